The van der Waals surface area contributed by atoms with Gasteiger partial charge in [-0.05, 0) is 61.2 Å². The molecule has 112 valence electrons. The summed E-state index contributed by atoms with van der Waals surface area (Å²) in [6, 6.07) is 6.82. The highest BCUT2D eigenvalue weighted by Gasteiger charge is 2.32. The zero-order valence-electron chi connectivity index (χ0n) is 12.4. The van der Waals surface area contributed by atoms with Crippen molar-refractivity contribution in [3.63, 3.8) is 0 Å². The van der Waals surface area contributed by atoms with Crippen LogP contribution in [0.5, 0.6) is 0 Å². The Balaban J connectivity index is 2.20. The molecule has 2 rings (SSSR count). The lowest BCUT2D eigenvalue weighted by molar-refractivity contribution is 0.191. The summed E-state index contributed by atoms with van der Waals surface area (Å²) in [6.07, 6.45) is 0.604. The van der Waals surface area contributed by atoms with Crippen LogP contribution < -0.4 is 10.2 Å². The van der Waals surface area contributed by atoms with Crippen LogP contribution in [0.2, 0.25) is 0 Å². The average Bonchev–Trinajstić information content (AvgIpc) is 2.69. The summed E-state index contributed by atoms with van der Waals surface area (Å²) >= 11 is 3.68. The normalized spacial score (nSPS) is 22.8. The minimum atomic E-state index is -0.233. The summed E-state index contributed by atoms with van der Waals surface area (Å²) in [5.41, 5.74) is 2.43. The second-order valence-electron chi connectivity index (χ2n) is 5.77. The van der Waals surface area contributed by atoms with E-state index in [0.29, 0.717) is 12.6 Å². The fourth-order valence-corrected chi connectivity index (χ4v) is 3.53. The third kappa shape index (κ3) is 3.73. The molecular weight excluding hydrogens is 318 g/mol. The van der Waals surface area contributed by atoms with E-state index >= 15 is 0 Å². The number of nitrogens with one attached hydrogen (secondary N) is 1. The monoisotopic (exact) mass is 341 g/mol. The Kier molecular flexibility index (Phi) is 5.43. The van der Waals surface area contributed by atoms with Crippen molar-refractivity contribution in [2.24, 2.45) is 0 Å². The van der Waals surface area contributed by atoms with Gasteiger partial charge in [-0.3, -0.25) is 0 Å². The van der Waals surface area contributed by atoms with Crippen LogP contribution in [0.25, 0.3) is 0 Å². The maximum Gasteiger partial charge on any atom is 0.0735 e. The van der Waals surface area contributed by atoms with Crippen molar-refractivity contribution in [3.8, 4) is 0 Å². The third-order valence-electron chi connectivity index (χ3n) is 3.67. The number of hydrogen-bond acceptors (Lipinski definition) is 4. The molecule has 0 aliphatic carbocycles. The van der Waals surface area contributed by atoms with E-state index in [4.69, 9.17) is 0 Å². The fraction of sp³-hybridized carbons (Fsp3) is 0.600. The summed E-state index contributed by atoms with van der Waals surface area (Å²) < 4.78 is 1.10. The van der Waals surface area contributed by atoms with Crippen LogP contribution in [-0.2, 0) is 6.54 Å². The van der Waals surface area contributed by atoms with E-state index in [2.05, 4.69) is 63.3 Å². The van der Waals surface area contributed by atoms with E-state index in [-0.39, 0.29) is 6.10 Å². The van der Waals surface area contributed by atoms with Crippen LogP contribution in [0, 0.1) is 0 Å². The number of nitrogens with zero attached hydrogens (tertiary/aromatic N) is 2. The number of anilines is 1. The van der Waals surface area contributed by atoms with E-state index in [1.807, 2.05) is 7.05 Å². The van der Waals surface area contributed by atoms with E-state index in [1.54, 1.807) is 0 Å². The molecule has 0 saturated carbocycles. The van der Waals surface area contributed by atoms with Gasteiger partial charge in [-0.15, -0.1) is 0 Å². The van der Waals surface area contributed by atoms with Gasteiger partial charge in [0.1, 0.15) is 0 Å². The molecular formula is C15H24BrN3O. The second kappa shape index (κ2) is 6.89. The number of benzene rings is 1. The van der Waals surface area contributed by atoms with Crippen molar-refractivity contribution in [2.75, 3.05) is 39.1 Å². The van der Waals surface area contributed by atoms with Crippen LogP contribution in [0.1, 0.15) is 12.0 Å². The largest absolute Gasteiger partial charge is 0.391 e. The van der Waals surface area contributed by atoms with Crippen molar-refractivity contribution in [3.05, 3.63) is 28.2 Å². The lowest BCUT2D eigenvalue weighted by atomic mass is 10.1. The van der Waals surface area contributed by atoms with Crippen molar-refractivity contribution in [1.82, 2.24) is 10.2 Å². The number of rotatable bonds is 5. The molecule has 1 aromatic rings. The number of halogens is 1. The second-order valence-corrected chi connectivity index (χ2v) is 6.63. The molecule has 2 unspecified atom stereocenters. The Labute approximate surface area is 129 Å². The highest BCUT2D eigenvalue weighted by Crippen LogP contribution is 2.33. The van der Waals surface area contributed by atoms with Gasteiger partial charge in [0.15, 0.2) is 0 Å². The topological polar surface area (TPSA) is 38.7 Å². The Morgan fingerprint density at radius 3 is 2.80 bits per heavy atom. The minimum Gasteiger partial charge on any atom is -0.391 e. The Morgan fingerprint density at radius 2 is 2.20 bits per heavy atom. The predicted molar refractivity (Wildman–Crippen MR) is 87.2 cm³/mol. The zero-order valence-corrected chi connectivity index (χ0v) is 14.0. The van der Waals surface area contributed by atoms with Gasteiger partial charge in [-0.1, -0.05) is 6.07 Å². The first-order valence-corrected chi connectivity index (χ1v) is 7.83. The van der Waals surface area contributed by atoms with E-state index in [1.165, 1.54) is 11.3 Å². The van der Waals surface area contributed by atoms with Gasteiger partial charge in [0.2, 0.25) is 0 Å². The quantitative estimate of drug-likeness (QED) is 0.854. The molecule has 0 spiro atoms. The maximum atomic E-state index is 9.99. The Bertz CT molecular complexity index is 453. The molecule has 1 fully saturated rings. The van der Waals surface area contributed by atoms with Gasteiger partial charge in [0.05, 0.1) is 11.8 Å². The van der Waals surface area contributed by atoms with Gasteiger partial charge in [-0.2, -0.15) is 0 Å². The molecule has 5 heteroatoms. The maximum absolute atomic E-state index is 9.99. The van der Waals surface area contributed by atoms with Gasteiger partial charge in [0, 0.05) is 30.1 Å². The van der Waals surface area contributed by atoms with Crippen molar-refractivity contribution in [1.29, 1.82) is 0 Å². The SMILES string of the molecule is CNCc1ccc(N2CC(O)CC2CN(C)C)c(Br)c1. The van der Waals surface area contributed by atoms with E-state index < -0.39 is 0 Å². The van der Waals surface area contributed by atoms with Crippen LogP contribution >= 0.6 is 15.9 Å². The first kappa shape index (κ1) is 15.8. The molecule has 1 aliphatic heterocycles. The average molecular weight is 342 g/mol. The molecule has 0 bridgehead atoms. The molecule has 1 aromatic carbocycles. The van der Waals surface area contributed by atoms with Crippen LogP contribution in [0.3, 0.4) is 0 Å². The first-order chi connectivity index (χ1) is 9.51. The Morgan fingerprint density at radius 1 is 1.45 bits per heavy atom. The van der Waals surface area contributed by atoms with Crippen molar-refractivity contribution < 1.29 is 5.11 Å². The van der Waals surface area contributed by atoms with Crippen LogP contribution in [-0.4, -0.2) is 56.4 Å². The zero-order chi connectivity index (χ0) is 14.7. The Hall–Kier alpha value is -0.620. The molecule has 4 nitrogen and oxygen atoms in total. The van der Waals surface area contributed by atoms with Gasteiger partial charge >= 0.3 is 0 Å². The molecule has 2 N–H and O–H groups in total. The number of β-amino-alcohol motifs (C(OH)–C–C–N with tert-alkyl or cyclic N) is 1. The summed E-state index contributed by atoms with van der Waals surface area (Å²) in [5, 5.41) is 13.1. The van der Waals surface area contributed by atoms with Gasteiger partial charge < -0.3 is 20.2 Å². The van der Waals surface area contributed by atoms with E-state index in [0.717, 1.165) is 24.0 Å². The molecule has 1 heterocycles. The molecule has 20 heavy (non-hydrogen) atoms. The summed E-state index contributed by atoms with van der Waals surface area (Å²) in [7, 11) is 6.10. The van der Waals surface area contributed by atoms with Gasteiger partial charge in [-0.25, -0.2) is 0 Å². The standard InChI is InChI=1S/C15H24BrN3O/c1-17-8-11-4-5-15(14(16)6-11)19-10-13(20)7-12(19)9-18(2)3/h4-6,12-13,17,20H,7-10H2,1-3H3. The molecule has 1 aliphatic rings. The number of likely N-dealkylation sites (N-methyl/N-ethyl adjacent to an activating group) is 1. The lowest BCUT2D eigenvalue weighted by Crippen LogP contribution is -2.37. The predicted octanol–water partition coefficient (Wildman–Crippen LogP) is 1.67. The first-order valence-electron chi connectivity index (χ1n) is 7.03. The highest BCUT2D eigenvalue weighted by atomic mass is 79.9. The van der Waals surface area contributed by atoms with Crippen molar-refractivity contribution >= 4 is 21.6 Å². The van der Waals surface area contributed by atoms with Crippen LogP contribution in [0.15, 0.2) is 22.7 Å². The van der Waals surface area contributed by atoms with Crippen LogP contribution in [0.4, 0.5) is 5.69 Å². The molecule has 0 aromatic heterocycles. The fourth-order valence-electron chi connectivity index (χ4n) is 2.88. The van der Waals surface area contributed by atoms with Gasteiger partial charge in [0.25, 0.3) is 0 Å². The lowest BCUT2D eigenvalue weighted by Gasteiger charge is -2.29. The summed E-state index contributed by atoms with van der Waals surface area (Å²) in [5.74, 6) is 0. The molecule has 2 atom stereocenters. The number of hydrogen-bond donors (Lipinski definition) is 2. The molecule has 0 amide bonds. The molecule has 1 saturated heterocycles. The number of aliphatic hydroxyl groups is 1. The highest BCUT2D eigenvalue weighted by molar-refractivity contribution is 9.10. The summed E-state index contributed by atoms with van der Waals surface area (Å²) in [6.45, 7) is 2.53. The smallest absolute Gasteiger partial charge is 0.0735 e. The van der Waals surface area contributed by atoms with E-state index in [9.17, 15) is 5.11 Å². The minimum absolute atomic E-state index is 0.233. The van der Waals surface area contributed by atoms with Crippen molar-refractivity contribution in [2.45, 2.75) is 25.1 Å². The third-order valence-corrected chi connectivity index (χ3v) is 4.31. The number of aliphatic hydroxyl groups excluding tert-OH is 1. The summed E-state index contributed by atoms with van der Waals surface area (Å²) in [4.78, 5) is 4.50. The molecule has 0 radical (unpaired) electrons.